The quantitative estimate of drug-likeness (QED) is 0.589. The van der Waals surface area contributed by atoms with Gasteiger partial charge in [0.15, 0.2) is 0 Å². The molecule has 1 aliphatic heterocycles. The molecule has 2 rings (SSSR count). The molecule has 0 saturated carbocycles. The normalized spacial score (nSPS) is 14.2. The minimum atomic E-state index is -3.63. The molecule has 10 heteroatoms. The van der Waals surface area contributed by atoms with Crippen molar-refractivity contribution in [2.75, 3.05) is 56.0 Å². The van der Waals surface area contributed by atoms with Gasteiger partial charge in [-0.1, -0.05) is 13.8 Å². The van der Waals surface area contributed by atoms with Crippen LogP contribution in [-0.2, 0) is 14.8 Å². The van der Waals surface area contributed by atoms with Crippen LogP contribution >= 0.6 is 0 Å². The molecule has 0 radical (unpaired) electrons. The molecule has 9 nitrogen and oxygen atoms in total. The second kappa shape index (κ2) is 9.93. The number of hydrogen-bond donors (Lipinski definition) is 2. The Hall–Kier alpha value is -2.33. The Morgan fingerprint density at radius 1 is 1.14 bits per heavy atom. The maximum absolute atomic E-state index is 12.9. The number of nitrogens with zero attached hydrogens (tertiary/aromatic N) is 3. The summed E-state index contributed by atoms with van der Waals surface area (Å²) >= 11 is 0. The minimum Gasteiger partial charge on any atom is -0.374 e. The largest absolute Gasteiger partial charge is 0.374 e. The summed E-state index contributed by atoms with van der Waals surface area (Å²) in [6, 6.07) is 4.53. The first-order chi connectivity index (χ1) is 13.8. The van der Waals surface area contributed by atoms with Crippen molar-refractivity contribution in [1.82, 2.24) is 14.5 Å². The van der Waals surface area contributed by atoms with Crippen LogP contribution in [0.3, 0.4) is 0 Å². The van der Waals surface area contributed by atoms with E-state index in [0.29, 0.717) is 31.9 Å². The van der Waals surface area contributed by atoms with Crippen LogP contribution in [0.15, 0.2) is 23.1 Å². The molecule has 3 amide bonds. The Kier molecular flexibility index (Phi) is 7.86. The molecular formula is C19H31N5O4S. The van der Waals surface area contributed by atoms with Crippen LogP contribution in [0.25, 0.3) is 0 Å². The van der Waals surface area contributed by atoms with Crippen LogP contribution in [0, 0.1) is 0 Å². The van der Waals surface area contributed by atoms with Gasteiger partial charge in [0.05, 0.1) is 22.8 Å². The number of imide groups is 1. The number of urea groups is 1. The molecule has 1 fully saturated rings. The fourth-order valence-electron chi connectivity index (χ4n) is 3.35. The maximum Gasteiger partial charge on any atom is 0.324 e. The number of sulfonamides is 1. The number of hydrogen-bond acceptors (Lipinski definition) is 6. The van der Waals surface area contributed by atoms with Gasteiger partial charge in [-0.05, 0) is 32.0 Å². The van der Waals surface area contributed by atoms with Gasteiger partial charge >= 0.3 is 6.03 Å². The molecule has 1 aliphatic rings. The van der Waals surface area contributed by atoms with E-state index in [1.54, 1.807) is 32.0 Å². The van der Waals surface area contributed by atoms with E-state index in [-0.39, 0.29) is 17.3 Å². The van der Waals surface area contributed by atoms with E-state index < -0.39 is 16.1 Å². The summed E-state index contributed by atoms with van der Waals surface area (Å²) in [4.78, 5) is 27.5. The Balaban J connectivity index is 2.35. The molecule has 0 atom stereocenters. The summed E-state index contributed by atoms with van der Waals surface area (Å²) in [5.41, 5.74) is 1.36. The SMILES string of the molecule is CCN(CC)c1ccc(S(=O)(=O)N(CC)CC)cc1NCC(=O)N1CCNC1=O. The molecule has 0 aromatic heterocycles. The van der Waals surface area contributed by atoms with E-state index in [9.17, 15) is 18.0 Å². The molecule has 29 heavy (non-hydrogen) atoms. The highest BCUT2D eigenvalue weighted by atomic mass is 32.2. The van der Waals surface area contributed by atoms with E-state index in [1.165, 1.54) is 4.31 Å². The first-order valence-corrected chi connectivity index (χ1v) is 11.4. The Labute approximate surface area is 173 Å². The predicted octanol–water partition coefficient (Wildman–Crippen LogP) is 1.53. The number of carbonyl (C=O) groups is 2. The van der Waals surface area contributed by atoms with Crippen LogP contribution in [0.2, 0.25) is 0 Å². The number of rotatable bonds is 10. The Morgan fingerprint density at radius 2 is 1.79 bits per heavy atom. The molecule has 0 bridgehead atoms. The van der Waals surface area contributed by atoms with Gasteiger partial charge in [-0.15, -0.1) is 0 Å². The van der Waals surface area contributed by atoms with Gasteiger partial charge in [-0.2, -0.15) is 4.31 Å². The molecular weight excluding hydrogens is 394 g/mol. The highest BCUT2D eigenvalue weighted by Crippen LogP contribution is 2.30. The van der Waals surface area contributed by atoms with Gasteiger partial charge in [-0.3, -0.25) is 9.69 Å². The van der Waals surface area contributed by atoms with Gasteiger partial charge < -0.3 is 15.5 Å². The van der Waals surface area contributed by atoms with Crippen molar-refractivity contribution in [2.45, 2.75) is 32.6 Å². The summed E-state index contributed by atoms with van der Waals surface area (Å²) in [5, 5.41) is 5.65. The molecule has 1 aromatic carbocycles. The zero-order valence-electron chi connectivity index (χ0n) is 17.6. The average Bonchev–Trinajstić information content (AvgIpc) is 3.14. The van der Waals surface area contributed by atoms with E-state index in [4.69, 9.17) is 0 Å². The Bertz CT molecular complexity index is 835. The van der Waals surface area contributed by atoms with Gasteiger partial charge in [-0.25, -0.2) is 13.2 Å². The zero-order valence-corrected chi connectivity index (χ0v) is 18.4. The molecule has 0 aliphatic carbocycles. The highest BCUT2D eigenvalue weighted by molar-refractivity contribution is 7.89. The van der Waals surface area contributed by atoms with E-state index in [1.807, 2.05) is 13.8 Å². The molecule has 1 aromatic rings. The van der Waals surface area contributed by atoms with Crippen LogP contribution in [0.1, 0.15) is 27.7 Å². The van der Waals surface area contributed by atoms with E-state index in [2.05, 4.69) is 15.5 Å². The number of nitrogens with one attached hydrogen (secondary N) is 2. The molecule has 1 heterocycles. The Morgan fingerprint density at radius 3 is 2.31 bits per heavy atom. The number of anilines is 2. The van der Waals surface area contributed by atoms with Crippen molar-refractivity contribution >= 4 is 33.3 Å². The monoisotopic (exact) mass is 425 g/mol. The fraction of sp³-hybridized carbons (Fsp3) is 0.579. The van der Waals surface area contributed by atoms with Gasteiger partial charge in [0.1, 0.15) is 0 Å². The van der Waals surface area contributed by atoms with Gasteiger partial charge in [0.25, 0.3) is 0 Å². The zero-order chi connectivity index (χ0) is 21.6. The van der Waals surface area contributed by atoms with Crippen molar-refractivity contribution in [3.05, 3.63) is 18.2 Å². The second-order valence-electron chi connectivity index (χ2n) is 6.57. The first-order valence-electron chi connectivity index (χ1n) is 10.0. The second-order valence-corrected chi connectivity index (χ2v) is 8.51. The molecule has 2 N–H and O–H groups in total. The van der Waals surface area contributed by atoms with Crippen molar-refractivity contribution in [2.24, 2.45) is 0 Å². The third kappa shape index (κ3) is 4.99. The summed E-state index contributed by atoms with van der Waals surface area (Å²) in [6.45, 7) is 10.5. The van der Waals surface area contributed by atoms with Gasteiger partial charge in [0, 0.05) is 39.3 Å². The van der Waals surface area contributed by atoms with Crippen molar-refractivity contribution < 1.29 is 18.0 Å². The van der Waals surface area contributed by atoms with Crippen LogP contribution < -0.4 is 15.5 Å². The van der Waals surface area contributed by atoms with Crippen molar-refractivity contribution in [1.29, 1.82) is 0 Å². The smallest absolute Gasteiger partial charge is 0.324 e. The fourth-order valence-corrected chi connectivity index (χ4v) is 4.83. The minimum absolute atomic E-state index is 0.101. The van der Waals surface area contributed by atoms with Gasteiger partial charge in [0.2, 0.25) is 15.9 Å². The third-order valence-corrected chi connectivity index (χ3v) is 7.05. The molecule has 0 unspecified atom stereocenters. The average molecular weight is 426 g/mol. The topological polar surface area (TPSA) is 102 Å². The standard InChI is InChI=1S/C19H31N5O4S/c1-5-22(6-2)17-10-9-15(29(27,28)23(7-3)8-4)13-16(17)21-14-18(25)24-12-11-20-19(24)26/h9-10,13,21H,5-8,11-12,14H2,1-4H3,(H,20,26). The number of carbonyl (C=O) groups excluding carboxylic acids is 2. The lowest BCUT2D eigenvalue weighted by Gasteiger charge is -2.26. The van der Waals surface area contributed by atoms with Crippen molar-refractivity contribution in [3.8, 4) is 0 Å². The van der Waals surface area contributed by atoms with Crippen LogP contribution in [0.4, 0.5) is 16.2 Å². The predicted molar refractivity (Wildman–Crippen MR) is 114 cm³/mol. The third-order valence-electron chi connectivity index (χ3n) is 5.00. The lowest BCUT2D eigenvalue weighted by molar-refractivity contribution is -0.125. The van der Waals surface area contributed by atoms with Crippen LogP contribution in [0.5, 0.6) is 0 Å². The van der Waals surface area contributed by atoms with Crippen LogP contribution in [-0.4, -0.2) is 75.4 Å². The molecule has 162 valence electrons. The summed E-state index contributed by atoms with van der Waals surface area (Å²) in [7, 11) is -3.63. The summed E-state index contributed by atoms with van der Waals surface area (Å²) in [5.74, 6) is -0.359. The lowest BCUT2D eigenvalue weighted by atomic mass is 10.2. The number of benzene rings is 1. The molecule has 0 spiro atoms. The summed E-state index contributed by atoms with van der Waals surface area (Å²) < 4.78 is 27.2. The first kappa shape index (κ1) is 23.0. The highest BCUT2D eigenvalue weighted by Gasteiger charge is 2.27. The van der Waals surface area contributed by atoms with E-state index >= 15 is 0 Å². The van der Waals surface area contributed by atoms with Crippen molar-refractivity contribution in [3.63, 3.8) is 0 Å². The lowest BCUT2D eigenvalue weighted by Crippen LogP contribution is -2.38. The molecule has 1 saturated heterocycles. The number of amides is 3. The maximum atomic E-state index is 12.9. The van der Waals surface area contributed by atoms with E-state index in [0.717, 1.165) is 23.7 Å². The summed E-state index contributed by atoms with van der Waals surface area (Å²) in [6.07, 6.45) is 0.